The molecule has 1 aliphatic rings. The van der Waals surface area contributed by atoms with Gasteiger partial charge in [-0.2, -0.15) is 11.8 Å². The van der Waals surface area contributed by atoms with Crippen LogP contribution in [0.5, 0.6) is 0 Å². The van der Waals surface area contributed by atoms with Crippen LogP contribution in [0, 0.1) is 0 Å². The van der Waals surface area contributed by atoms with Gasteiger partial charge >= 0.3 is 0 Å². The lowest BCUT2D eigenvalue weighted by atomic mass is 10.2. The third kappa shape index (κ3) is 6.90. The lowest BCUT2D eigenvalue weighted by Gasteiger charge is -2.39. The third-order valence-corrected chi connectivity index (χ3v) is 7.06. The van der Waals surface area contributed by atoms with E-state index in [9.17, 15) is 8.42 Å². The van der Waals surface area contributed by atoms with Crippen LogP contribution in [-0.2, 0) is 15.6 Å². The minimum absolute atomic E-state index is 0.111. The van der Waals surface area contributed by atoms with Gasteiger partial charge in [0.15, 0.2) is 15.8 Å². The Morgan fingerprint density at radius 1 is 1.32 bits per heavy atom. The van der Waals surface area contributed by atoms with Crippen LogP contribution >= 0.6 is 11.8 Å². The second kappa shape index (κ2) is 8.94. The fourth-order valence-corrected chi connectivity index (χ4v) is 5.46. The summed E-state index contributed by atoms with van der Waals surface area (Å²) in [7, 11) is -1.30. The maximum atomic E-state index is 12.2. The van der Waals surface area contributed by atoms with Gasteiger partial charge in [0.1, 0.15) is 0 Å². The van der Waals surface area contributed by atoms with E-state index in [1.54, 1.807) is 7.05 Å². The van der Waals surface area contributed by atoms with Crippen molar-refractivity contribution in [3.8, 4) is 0 Å². The lowest BCUT2D eigenvalue weighted by molar-refractivity contribution is 0.376. The molecule has 0 bridgehead atoms. The summed E-state index contributed by atoms with van der Waals surface area (Å²) in [4.78, 5) is 6.61. The Balaban J connectivity index is 1.77. The number of sulfone groups is 1. The molecule has 1 aromatic rings. The minimum atomic E-state index is -3.08. The van der Waals surface area contributed by atoms with Gasteiger partial charge in [-0.3, -0.25) is 4.99 Å². The van der Waals surface area contributed by atoms with Crippen LogP contribution < -0.4 is 5.32 Å². The number of aliphatic imine (C=N–C) groups is 1. The van der Waals surface area contributed by atoms with Crippen LogP contribution in [0.2, 0.25) is 0 Å². The third-order valence-electron chi connectivity index (χ3n) is 4.08. The Bertz CT molecular complexity index is 673. The van der Waals surface area contributed by atoms with Crippen LogP contribution in [0.15, 0.2) is 35.3 Å². The van der Waals surface area contributed by atoms with Gasteiger partial charge in [0.25, 0.3) is 0 Å². The van der Waals surface area contributed by atoms with Gasteiger partial charge in [0.2, 0.25) is 0 Å². The first-order chi connectivity index (χ1) is 11.8. The summed E-state index contributed by atoms with van der Waals surface area (Å²) in [5.41, 5.74) is 0.847. The monoisotopic (exact) mass is 383 g/mol. The maximum absolute atomic E-state index is 12.2. The van der Waals surface area contributed by atoms with Crippen molar-refractivity contribution in [2.75, 3.05) is 38.2 Å². The van der Waals surface area contributed by atoms with E-state index in [-0.39, 0.29) is 16.3 Å². The summed E-state index contributed by atoms with van der Waals surface area (Å²) < 4.78 is 24.7. The summed E-state index contributed by atoms with van der Waals surface area (Å²) in [6.45, 7) is 7.02. The number of thioether (sulfide) groups is 1. The van der Waals surface area contributed by atoms with E-state index < -0.39 is 9.84 Å². The standard InChI is InChI=1S/C18H29N3O2S2/c1-18(2)15-21(11-12-24-18)17(19-3)20-10-7-13-25(22,23)14-16-8-5-4-6-9-16/h4-6,8-9H,7,10-15H2,1-3H3,(H,19,20). The molecule has 140 valence electrons. The van der Waals surface area contributed by atoms with Crippen LogP contribution in [0.4, 0.5) is 0 Å². The SMILES string of the molecule is CN=C(NCCCS(=O)(=O)Cc1ccccc1)N1CCSC(C)(C)C1. The van der Waals surface area contributed by atoms with Gasteiger partial charge in [-0.15, -0.1) is 0 Å². The van der Waals surface area contributed by atoms with Crippen molar-refractivity contribution in [3.63, 3.8) is 0 Å². The van der Waals surface area contributed by atoms with Crippen molar-refractivity contribution in [3.05, 3.63) is 35.9 Å². The number of hydrogen-bond acceptors (Lipinski definition) is 4. The normalized spacial score (nSPS) is 18.2. The predicted octanol–water partition coefficient (Wildman–Crippen LogP) is 2.39. The number of nitrogens with one attached hydrogen (secondary N) is 1. The molecule has 7 heteroatoms. The summed E-state index contributed by atoms with van der Waals surface area (Å²) >= 11 is 1.98. The van der Waals surface area contributed by atoms with E-state index in [1.165, 1.54) is 0 Å². The zero-order chi connectivity index (χ0) is 18.3. The molecule has 0 atom stereocenters. The molecule has 0 aromatic heterocycles. The van der Waals surface area contributed by atoms with Crippen molar-refractivity contribution < 1.29 is 8.42 Å². The molecule has 0 unspecified atom stereocenters. The number of rotatable bonds is 6. The highest BCUT2D eigenvalue weighted by Gasteiger charge is 2.28. The van der Waals surface area contributed by atoms with E-state index in [2.05, 4.69) is 29.1 Å². The van der Waals surface area contributed by atoms with Crippen LogP contribution in [0.1, 0.15) is 25.8 Å². The quantitative estimate of drug-likeness (QED) is 0.464. The number of hydrogen-bond donors (Lipinski definition) is 1. The second-order valence-electron chi connectivity index (χ2n) is 6.93. The first kappa shape index (κ1) is 20.1. The molecule has 0 radical (unpaired) electrons. The zero-order valence-corrected chi connectivity index (χ0v) is 17.0. The largest absolute Gasteiger partial charge is 0.356 e. The molecule has 2 rings (SSSR count). The molecule has 1 N–H and O–H groups in total. The molecule has 1 heterocycles. The molecule has 0 aliphatic carbocycles. The molecule has 5 nitrogen and oxygen atoms in total. The molecule has 25 heavy (non-hydrogen) atoms. The average Bonchev–Trinajstić information content (AvgIpc) is 2.54. The van der Waals surface area contributed by atoms with Gasteiger partial charge in [-0.05, 0) is 25.8 Å². The topological polar surface area (TPSA) is 61.8 Å². The fourth-order valence-electron chi connectivity index (χ4n) is 2.92. The number of benzene rings is 1. The Hall–Kier alpha value is -1.21. The van der Waals surface area contributed by atoms with Gasteiger partial charge in [0.05, 0.1) is 11.5 Å². The van der Waals surface area contributed by atoms with E-state index in [1.807, 2.05) is 42.1 Å². The van der Waals surface area contributed by atoms with Crippen molar-refractivity contribution >= 4 is 27.6 Å². The van der Waals surface area contributed by atoms with Crippen molar-refractivity contribution in [2.24, 2.45) is 4.99 Å². The summed E-state index contributed by atoms with van der Waals surface area (Å²) in [5, 5.41) is 3.32. The van der Waals surface area contributed by atoms with Crippen molar-refractivity contribution in [1.29, 1.82) is 0 Å². The Morgan fingerprint density at radius 2 is 2.04 bits per heavy atom. The van der Waals surface area contributed by atoms with E-state index >= 15 is 0 Å². The van der Waals surface area contributed by atoms with Gasteiger partial charge < -0.3 is 10.2 Å². The molecule has 0 saturated carbocycles. The van der Waals surface area contributed by atoms with E-state index in [0.717, 1.165) is 30.4 Å². The Labute approximate surface area is 156 Å². The highest BCUT2D eigenvalue weighted by molar-refractivity contribution is 8.00. The first-order valence-electron chi connectivity index (χ1n) is 8.65. The van der Waals surface area contributed by atoms with Crippen LogP contribution in [0.25, 0.3) is 0 Å². The van der Waals surface area contributed by atoms with Crippen molar-refractivity contribution in [1.82, 2.24) is 10.2 Å². The Morgan fingerprint density at radius 3 is 2.68 bits per heavy atom. The van der Waals surface area contributed by atoms with E-state index in [4.69, 9.17) is 0 Å². The second-order valence-corrected chi connectivity index (χ2v) is 10.9. The summed E-state index contributed by atoms with van der Waals surface area (Å²) in [6, 6.07) is 9.34. The first-order valence-corrected chi connectivity index (χ1v) is 11.5. The average molecular weight is 384 g/mol. The molecular weight excluding hydrogens is 354 g/mol. The molecule has 1 aromatic carbocycles. The Kier molecular flexibility index (Phi) is 7.19. The van der Waals surface area contributed by atoms with Gasteiger partial charge in [-0.25, -0.2) is 8.42 Å². The van der Waals surface area contributed by atoms with Gasteiger partial charge in [-0.1, -0.05) is 30.3 Å². The highest BCUT2D eigenvalue weighted by atomic mass is 32.2. The molecule has 1 saturated heterocycles. The number of guanidine groups is 1. The predicted molar refractivity (Wildman–Crippen MR) is 108 cm³/mol. The molecule has 0 amide bonds. The van der Waals surface area contributed by atoms with Crippen LogP contribution in [0.3, 0.4) is 0 Å². The fraction of sp³-hybridized carbons (Fsp3) is 0.611. The minimum Gasteiger partial charge on any atom is -0.356 e. The summed E-state index contributed by atoms with van der Waals surface area (Å²) in [5.74, 6) is 2.25. The molecule has 1 fully saturated rings. The summed E-state index contributed by atoms with van der Waals surface area (Å²) in [6.07, 6.45) is 0.584. The smallest absolute Gasteiger partial charge is 0.193 e. The lowest BCUT2D eigenvalue weighted by Crippen LogP contribution is -2.51. The number of nitrogens with zero attached hydrogens (tertiary/aromatic N) is 2. The van der Waals surface area contributed by atoms with Crippen LogP contribution in [-0.4, -0.2) is 62.2 Å². The van der Waals surface area contributed by atoms with Crippen molar-refractivity contribution in [2.45, 2.75) is 30.8 Å². The zero-order valence-electron chi connectivity index (χ0n) is 15.4. The molecule has 0 spiro atoms. The molecule has 1 aliphatic heterocycles. The van der Waals surface area contributed by atoms with E-state index in [0.29, 0.717) is 13.0 Å². The molecular formula is C18H29N3O2S2. The highest BCUT2D eigenvalue weighted by Crippen LogP contribution is 2.29. The maximum Gasteiger partial charge on any atom is 0.193 e. The van der Waals surface area contributed by atoms with Gasteiger partial charge in [0, 0.05) is 37.2 Å².